The number of aromatic nitrogens is 5. The molecule has 0 aliphatic carbocycles. The van der Waals surface area contributed by atoms with Crippen molar-refractivity contribution < 1.29 is 13.0 Å². The molecule has 0 spiro atoms. The van der Waals surface area contributed by atoms with Crippen molar-refractivity contribution in [2.45, 2.75) is 12.1 Å². The Morgan fingerprint density at radius 2 is 2.06 bits per heavy atom. The third kappa shape index (κ3) is 1.75. The average molecular weight is 258 g/mol. The fraction of sp³-hybridized carbons (Fsp3) is 0.429. The van der Waals surface area contributed by atoms with Crippen LogP contribution in [0, 0.1) is 0 Å². The van der Waals surface area contributed by atoms with Crippen LogP contribution in [-0.4, -0.2) is 39.2 Å². The molecule has 2 N–H and O–H groups in total. The molecule has 0 atom stereocenters. The van der Waals surface area contributed by atoms with Gasteiger partial charge in [-0.15, -0.1) is 10.2 Å². The van der Waals surface area contributed by atoms with Crippen LogP contribution in [0.3, 0.4) is 0 Å². The summed E-state index contributed by atoms with van der Waals surface area (Å²) in [7, 11) is -1.94. The molecule has 2 heterocycles. The molecule has 0 saturated heterocycles. The van der Waals surface area contributed by atoms with Crippen LogP contribution >= 0.6 is 0 Å². The number of anilines is 1. The Labute approximate surface area is 96.5 Å². The fourth-order valence-electron chi connectivity index (χ4n) is 1.27. The van der Waals surface area contributed by atoms with Crippen molar-refractivity contribution in [1.82, 2.24) is 25.1 Å². The smallest absolute Gasteiger partial charge is 0.249 e. The molecule has 92 valence electrons. The van der Waals surface area contributed by atoms with Gasteiger partial charge in [0.1, 0.15) is 0 Å². The zero-order valence-electron chi connectivity index (χ0n) is 9.15. The van der Waals surface area contributed by atoms with E-state index in [0.717, 1.165) is 0 Å². The molecule has 17 heavy (non-hydrogen) atoms. The summed E-state index contributed by atoms with van der Waals surface area (Å²) in [5.41, 5.74) is 5.66. The monoisotopic (exact) mass is 258 g/mol. The molecule has 10 heteroatoms. The van der Waals surface area contributed by atoms with Crippen LogP contribution in [0.5, 0.6) is 0 Å². The van der Waals surface area contributed by atoms with Crippen molar-refractivity contribution in [3.63, 3.8) is 0 Å². The van der Waals surface area contributed by atoms with Crippen LogP contribution in [0.2, 0.25) is 0 Å². The minimum absolute atomic E-state index is 0.0287. The molecule has 0 unspecified atom stereocenters. The number of hydrogen-bond donors (Lipinski definition) is 1. The molecular formula is C7H10N6O3S. The predicted octanol–water partition coefficient (Wildman–Crippen LogP) is -0.759. The lowest BCUT2D eigenvalue weighted by Crippen LogP contribution is -2.11. The summed E-state index contributed by atoms with van der Waals surface area (Å²) in [6.07, 6.45) is 0. The van der Waals surface area contributed by atoms with Crippen molar-refractivity contribution in [3.8, 4) is 11.5 Å². The number of rotatable bonds is 3. The van der Waals surface area contributed by atoms with Gasteiger partial charge in [0.2, 0.25) is 15.0 Å². The maximum atomic E-state index is 11.7. The summed E-state index contributed by atoms with van der Waals surface area (Å²) in [4.78, 5) is 0. The lowest BCUT2D eigenvalue weighted by atomic mass is 10.4. The maximum absolute atomic E-state index is 11.7. The van der Waals surface area contributed by atoms with Gasteiger partial charge in [-0.3, -0.25) is 4.57 Å². The normalized spacial score (nSPS) is 11.9. The first-order valence-electron chi connectivity index (χ1n) is 4.68. The SMILES string of the molecule is CCS(=O)(=O)c1nnc(-c2nonc2N)n1C. The van der Waals surface area contributed by atoms with Gasteiger partial charge in [0.05, 0.1) is 5.75 Å². The topological polar surface area (TPSA) is 130 Å². The van der Waals surface area contributed by atoms with Crippen LogP contribution < -0.4 is 5.73 Å². The average Bonchev–Trinajstić information content (AvgIpc) is 2.85. The van der Waals surface area contributed by atoms with E-state index in [-0.39, 0.29) is 28.2 Å². The van der Waals surface area contributed by atoms with Crippen LogP contribution in [0.1, 0.15) is 6.92 Å². The van der Waals surface area contributed by atoms with Gasteiger partial charge in [-0.1, -0.05) is 6.92 Å². The van der Waals surface area contributed by atoms with Crippen molar-refractivity contribution in [1.29, 1.82) is 0 Å². The largest absolute Gasteiger partial charge is 0.379 e. The Morgan fingerprint density at radius 3 is 2.59 bits per heavy atom. The molecule has 0 bridgehead atoms. The predicted molar refractivity (Wildman–Crippen MR) is 56.4 cm³/mol. The first-order valence-corrected chi connectivity index (χ1v) is 6.33. The third-order valence-electron chi connectivity index (χ3n) is 2.22. The maximum Gasteiger partial charge on any atom is 0.249 e. The Hall–Kier alpha value is -1.97. The summed E-state index contributed by atoms with van der Waals surface area (Å²) in [5.74, 6) is 0.155. The molecule has 9 nitrogen and oxygen atoms in total. The van der Waals surface area contributed by atoms with E-state index in [9.17, 15) is 8.42 Å². The third-order valence-corrected chi connectivity index (χ3v) is 3.89. The lowest BCUT2D eigenvalue weighted by Gasteiger charge is -2.01. The minimum atomic E-state index is -3.44. The number of sulfone groups is 1. The number of hydrogen-bond acceptors (Lipinski definition) is 8. The molecule has 2 aromatic heterocycles. The van der Waals surface area contributed by atoms with Crippen molar-refractivity contribution >= 4 is 15.7 Å². The van der Waals surface area contributed by atoms with E-state index in [1.165, 1.54) is 18.5 Å². The highest BCUT2D eigenvalue weighted by Gasteiger charge is 2.24. The zero-order valence-corrected chi connectivity index (χ0v) is 9.97. The standard InChI is InChI=1S/C7H10N6O3S/c1-3-17(14,15)7-10-9-6(13(7)2)4-5(8)12-16-11-4/h3H2,1-2H3,(H2,8,12). The van der Waals surface area contributed by atoms with Crippen LogP contribution in [0.15, 0.2) is 9.79 Å². The zero-order chi connectivity index (χ0) is 12.6. The van der Waals surface area contributed by atoms with E-state index in [1.807, 2.05) is 0 Å². The second kappa shape index (κ2) is 3.80. The van der Waals surface area contributed by atoms with Gasteiger partial charge < -0.3 is 5.73 Å². The summed E-state index contributed by atoms with van der Waals surface area (Å²) in [6.45, 7) is 1.52. The van der Waals surface area contributed by atoms with Gasteiger partial charge in [-0.05, 0) is 10.3 Å². The minimum Gasteiger partial charge on any atom is -0.379 e. The molecule has 0 amide bonds. The summed E-state index contributed by atoms with van der Waals surface area (Å²) >= 11 is 0. The van der Waals surface area contributed by atoms with Crippen LogP contribution in [0.25, 0.3) is 11.5 Å². The Balaban J connectivity index is 2.59. The second-order valence-corrected chi connectivity index (χ2v) is 5.44. The van der Waals surface area contributed by atoms with Gasteiger partial charge in [0.25, 0.3) is 0 Å². The van der Waals surface area contributed by atoms with Gasteiger partial charge >= 0.3 is 0 Å². The van der Waals surface area contributed by atoms with Crippen LogP contribution in [-0.2, 0) is 16.9 Å². The molecule has 0 aliphatic heterocycles. The van der Waals surface area contributed by atoms with E-state index in [0.29, 0.717) is 0 Å². The number of nitrogens with two attached hydrogens (primary N) is 1. The fourth-order valence-corrected chi connectivity index (χ4v) is 2.20. The molecule has 0 aliphatic rings. The van der Waals surface area contributed by atoms with E-state index in [2.05, 4.69) is 25.1 Å². The van der Waals surface area contributed by atoms with E-state index in [4.69, 9.17) is 5.73 Å². The van der Waals surface area contributed by atoms with Crippen molar-refractivity contribution in [2.24, 2.45) is 7.05 Å². The molecular weight excluding hydrogens is 248 g/mol. The highest BCUT2D eigenvalue weighted by Crippen LogP contribution is 2.21. The van der Waals surface area contributed by atoms with Gasteiger partial charge in [0.15, 0.2) is 17.3 Å². The number of nitrogen functional groups attached to an aromatic ring is 1. The van der Waals surface area contributed by atoms with Crippen LogP contribution in [0.4, 0.5) is 5.82 Å². The van der Waals surface area contributed by atoms with E-state index in [1.54, 1.807) is 0 Å². The summed E-state index contributed by atoms with van der Waals surface area (Å²) < 4.78 is 29.1. The van der Waals surface area contributed by atoms with E-state index >= 15 is 0 Å². The van der Waals surface area contributed by atoms with Gasteiger partial charge in [-0.2, -0.15) is 0 Å². The molecule has 2 rings (SSSR count). The van der Waals surface area contributed by atoms with Crippen molar-refractivity contribution in [2.75, 3.05) is 11.5 Å². The molecule has 0 radical (unpaired) electrons. The first-order chi connectivity index (χ1) is 7.97. The molecule has 2 aromatic rings. The second-order valence-electron chi connectivity index (χ2n) is 3.27. The highest BCUT2D eigenvalue weighted by molar-refractivity contribution is 7.91. The highest BCUT2D eigenvalue weighted by atomic mass is 32.2. The molecule has 0 fully saturated rings. The number of nitrogens with zero attached hydrogens (tertiary/aromatic N) is 5. The Morgan fingerprint density at radius 1 is 1.35 bits per heavy atom. The lowest BCUT2D eigenvalue weighted by molar-refractivity contribution is 0.310. The van der Waals surface area contributed by atoms with Crippen molar-refractivity contribution in [3.05, 3.63) is 0 Å². The van der Waals surface area contributed by atoms with E-state index < -0.39 is 9.84 Å². The van der Waals surface area contributed by atoms with Gasteiger partial charge in [0, 0.05) is 7.05 Å². The summed E-state index contributed by atoms with van der Waals surface area (Å²) in [5, 5.41) is 14.1. The Bertz CT molecular complexity index is 642. The summed E-state index contributed by atoms with van der Waals surface area (Å²) in [6, 6.07) is 0. The molecule has 0 saturated carbocycles. The Kier molecular flexibility index (Phi) is 2.58. The van der Waals surface area contributed by atoms with Gasteiger partial charge in [-0.25, -0.2) is 13.0 Å². The first kappa shape index (κ1) is 11.5. The molecule has 0 aromatic carbocycles. The quantitative estimate of drug-likeness (QED) is 0.760.